The molecule has 0 saturated carbocycles. The van der Waals surface area contributed by atoms with Crippen LogP contribution in [0.15, 0.2) is 54.7 Å². The molecule has 0 aliphatic carbocycles. The van der Waals surface area contributed by atoms with Crippen LogP contribution in [0.25, 0.3) is 0 Å². The number of hydrogen-bond acceptors (Lipinski definition) is 5. The molecule has 0 saturated heterocycles. The molecule has 2 aromatic carbocycles. The zero-order valence-corrected chi connectivity index (χ0v) is 16.7. The molecule has 2 amide bonds. The number of hydrazine groups is 1. The largest absolute Gasteiger partial charge is 0.493 e. The number of nitrogens with one attached hydrogen (secondary N) is 2. The van der Waals surface area contributed by atoms with Gasteiger partial charge in [-0.2, -0.15) is 0 Å². The molecule has 1 heterocycles. The molecule has 2 aromatic rings. The minimum absolute atomic E-state index is 0. The van der Waals surface area contributed by atoms with E-state index in [9.17, 15) is 9.59 Å². The van der Waals surface area contributed by atoms with Crippen LogP contribution in [-0.2, 0) is 0 Å². The van der Waals surface area contributed by atoms with E-state index in [-0.39, 0.29) is 24.4 Å². The van der Waals surface area contributed by atoms with Crippen LogP contribution in [0.1, 0.15) is 28.4 Å². The van der Waals surface area contributed by atoms with Gasteiger partial charge in [0.1, 0.15) is 0 Å². The second-order valence-corrected chi connectivity index (χ2v) is 6.10. The Balaban J connectivity index is 0.00000300. The highest BCUT2D eigenvalue weighted by atomic mass is 35.5. The SMILES string of the molecule is COc1ccc(C2CC=CN(C(=O)c3cccc(NC(=O)O)c3)N2)cc1OC.Cl. The highest BCUT2D eigenvalue weighted by molar-refractivity contribution is 5.96. The number of hydrogen-bond donors (Lipinski definition) is 3. The average Bonchev–Trinajstić information content (AvgIpc) is 2.72. The number of nitrogens with zero attached hydrogens (tertiary/aromatic N) is 1. The van der Waals surface area contributed by atoms with E-state index < -0.39 is 6.09 Å². The number of anilines is 1. The Labute approximate surface area is 174 Å². The number of carbonyl (C=O) groups excluding carboxylic acids is 1. The Morgan fingerprint density at radius 1 is 1.14 bits per heavy atom. The summed E-state index contributed by atoms with van der Waals surface area (Å²) in [6, 6.07) is 11.8. The molecule has 3 rings (SSSR count). The van der Waals surface area contributed by atoms with Crippen molar-refractivity contribution in [3.8, 4) is 11.5 Å². The van der Waals surface area contributed by atoms with E-state index in [1.807, 2.05) is 24.3 Å². The van der Waals surface area contributed by atoms with Gasteiger partial charge in [-0.15, -0.1) is 12.4 Å². The number of carbonyl (C=O) groups is 2. The first kappa shape index (κ1) is 22.1. The molecule has 1 aliphatic rings. The van der Waals surface area contributed by atoms with E-state index in [1.165, 1.54) is 11.1 Å². The number of methoxy groups -OCH3 is 2. The van der Waals surface area contributed by atoms with Crippen LogP contribution in [-0.4, -0.2) is 36.3 Å². The van der Waals surface area contributed by atoms with Crippen LogP contribution in [0.5, 0.6) is 11.5 Å². The lowest BCUT2D eigenvalue weighted by Gasteiger charge is -2.30. The molecule has 0 radical (unpaired) electrons. The number of benzene rings is 2. The van der Waals surface area contributed by atoms with Gasteiger partial charge >= 0.3 is 6.09 Å². The monoisotopic (exact) mass is 419 g/mol. The van der Waals surface area contributed by atoms with Gasteiger partial charge in [0.05, 0.1) is 20.3 Å². The standard InChI is InChI=1S/C20H21N3O5.ClH/c1-27-17-9-8-13(12-18(17)28-2)16-7-4-10-23(22-16)19(24)14-5-3-6-15(11-14)21-20(25)26;/h3-6,8-12,16,21-22H,7H2,1-2H3,(H,25,26);1H. The van der Waals surface area contributed by atoms with Crippen molar-refractivity contribution in [1.82, 2.24) is 10.4 Å². The Morgan fingerprint density at radius 2 is 1.90 bits per heavy atom. The molecule has 1 aliphatic heterocycles. The maximum Gasteiger partial charge on any atom is 0.409 e. The van der Waals surface area contributed by atoms with Crippen molar-refractivity contribution < 1.29 is 24.2 Å². The zero-order chi connectivity index (χ0) is 20.1. The number of ether oxygens (including phenoxy) is 2. The molecule has 0 spiro atoms. The van der Waals surface area contributed by atoms with Crippen LogP contribution >= 0.6 is 12.4 Å². The quantitative estimate of drug-likeness (QED) is 0.681. The highest BCUT2D eigenvalue weighted by Crippen LogP contribution is 2.32. The maximum atomic E-state index is 12.8. The van der Waals surface area contributed by atoms with Gasteiger partial charge in [0, 0.05) is 17.5 Å². The lowest BCUT2D eigenvalue weighted by atomic mass is 10.0. The molecule has 3 N–H and O–H groups in total. The third-order valence-electron chi connectivity index (χ3n) is 4.31. The van der Waals surface area contributed by atoms with Gasteiger partial charge in [0.25, 0.3) is 5.91 Å². The Kier molecular flexibility index (Phi) is 7.46. The summed E-state index contributed by atoms with van der Waals surface area (Å²) in [5.74, 6) is 0.949. The fourth-order valence-corrected chi connectivity index (χ4v) is 2.97. The molecular weight excluding hydrogens is 398 g/mol. The lowest BCUT2D eigenvalue weighted by molar-refractivity contribution is 0.0713. The fraction of sp³-hybridized carbons (Fsp3) is 0.200. The van der Waals surface area contributed by atoms with Crippen LogP contribution in [0.4, 0.5) is 10.5 Å². The second-order valence-electron chi connectivity index (χ2n) is 6.10. The van der Waals surface area contributed by atoms with Gasteiger partial charge < -0.3 is 14.6 Å². The van der Waals surface area contributed by atoms with Crippen LogP contribution in [0, 0.1) is 0 Å². The summed E-state index contributed by atoms with van der Waals surface area (Å²) in [5.41, 5.74) is 4.81. The molecule has 0 fully saturated rings. The summed E-state index contributed by atoms with van der Waals surface area (Å²) in [5, 5.41) is 12.5. The molecule has 1 atom stereocenters. The Morgan fingerprint density at radius 3 is 2.59 bits per heavy atom. The maximum absolute atomic E-state index is 12.8. The van der Waals surface area contributed by atoms with Crippen molar-refractivity contribution in [1.29, 1.82) is 0 Å². The highest BCUT2D eigenvalue weighted by Gasteiger charge is 2.23. The predicted molar refractivity (Wildman–Crippen MR) is 111 cm³/mol. The van der Waals surface area contributed by atoms with Crippen molar-refractivity contribution in [2.75, 3.05) is 19.5 Å². The summed E-state index contributed by atoms with van der Waals surface area (Å²) in [6.07, 6.45) is 3.07. The molecule has 9 heteroatoms. The summed E-state index contributed by atoms with van der Waals surface area (Å²) in [4.78, 5) is 23.6. The van der Waals surface area contributed by atoms with Gasteiger partial charge in [-0.1, -0.05) is 18.2 Å². The molecule has 8 nitrogen and oxygen atoms in total. The molecule has 0 bridgehead atoms. The fourth-order valence-electron chi connectivity index (χ4n) is 2.97. The van der Waals surface area contributed by atoms with Crippen LogP contribution in [0.3, 0.4) is 0 Å². The zero-order valence-electron chi connectivity index (χ0n) is 15.9. The van der Waals surface area contributed by atoms with Gasteiger partial charge in [-0.05, 0) is 42.3 Å². The number of halogens is 1. The minimum atomic E-state index is -1.19. The topological polar surface area (TPSA) is 100 Å². The van der Waals surface area contributed by atoms with E-state index >= 15 is 0 Å². The van der Waals surface area contributed by atoms with E-state index in [4.69, 9.17) is 14.6 Å². The summed E-state index contributed by atoms with van der Waals surface area (Å²) in [7, 11) is 3.15. The van der Waals surface area contributed by atoms with Crippen molar-refractivity contribution in [2.24, 2.45) is 0 Å². The summed E-state index contributed by atoms with van der Waals surface area (Å²) in [6.45, 7) is 0. The van der Waals surface area contributed by atoms with Gasteiger partial charge in [-0.3, -0.25) is 10.1 Å². The third kappa shape index (κ3) is 5.18. The Bertz CT molecular complexity index is 919. The second kappa shape index (κ2) is 9.81. The van der Waals surface area contributed by atoms with Crippen molar-refractivity contribution in [3.63, 3.8) is 0 Å². The van der Waals surface area contributed by atoms with Gasteiger partial charge in [-0.25, -0.2) is 15.2 Å². The normalized spacial score (nSPS) is 15.2. The summed E-state index contributed by atoms with van der Waals surface area (Å²) < 4.78 is 10.6. The van der Waals surface area contributed by atoms with E-state index in [1.54, 1.807) is 38.6 Å². The van der Waals surface area contributed by atoms with E-state index in [0.29, 0.717) is 29.2 Å². The molecular formula is C20H22ClN3O5. The van der Waals surface area contributed by atoms with E-state index in [2.05, 4.69) is 10.7 Å². The smallest absolute Gasteiger partial charge is 0.409 e. The van der Waals surface area contributed by atoms with Crippen molar-refractivity contribution in [2.45, 2.75) is 12.5 Å². The average molecular weight is 420 g/mol. The number of carboxylic acid groups (broad SMARTS) is 1. The van der Waals surface area contributed by atoms with Gasteiger partial charge in [0.2, 0.25) is 0 Å². The van der Waals surface area contributed by atoms with Crippen molar-refractivity contribution in [3.05, 3.63) is 65.9 Å². The number of rotatable bonds is 5. The third-order valence-corrected chi connectivity index (χ3v) is 4.31. The van der Waals surface area contributed by atoms with Crippen LogP contribution in [0.2, 0.25) is 0 Å². The Hall–Kier alpha value is -3.23. The molecule has 0 aromatic heterocycles. The molecule has 1 unspecified atom stereocenters. The lowest BCUT2D eigenvalue weighted by Crippen LogP contribution is -2.43. The molecule has 154 valence electrons. The van der Waals surface area contributed by atoms with E-state index in [0.717, 1.165) is 5.56 Å². The van der Waals surface area contributed by atoms with Crippen molar-refractivity contribution >= 4 is 30.1 Å². The predicted octanol–water partition coefficient (Wildman–Crippen LogP) is 3.82. The summed E-state index contributed by atoms with van der Waals surface area (Å²) >= 11 is 0. The first-order chi connectivity index (χ1) is 13.5. The minimum Gasteiger partial charge on any atom is -0.493 e. The molecule has 29 heavy (non-hydrogen) atoms. The first-order valence-electron chi connectivity index (χ1n) is 8.60. The van der Waals surface area contributed by atoms with Gasteiger partial charge in [0.15, 0.2) is 11.5 Å². The number of amides is 2. The first-order valence-corrected chi connectivity index (χ1v) is 8.60. The van der Waals surface area contributed by atoms with Crippen LogP contribution < -0.4 is 20.2 Å².